The molecule has 242 valence electrons. The molecule has 1 saturated heterocycles. The molecule has 0 atom stereocenters. The molecule has 1 aromatic heterocycles. The Morgan fingerprint density at radius 1 is 1.04 bits per heavy atom. The van der Waals surface area contributed by atoms with Crippen LogP contribution in [-0.2, 0) is 33.8 Å². The summed E-state index contributed by atoms with van der Waals surface area (Å²) >= 11 is 1.63. The highest BCUT2D eigenvalue weighted by Crippen LogP contribution is 2.39. The van der Waals surface area contributed by atoms with Crippen LogP contribution in [0.1, 0.15) is 80.8 Å². The Balaban J connectivity index is 1.30. The molecule has 2 aliphatic heterocycles. The number of anilines is 1. The Kier molecular flexibility index (Phi) is 9.49. The van der Waals surface area contributed by atoms with E-state index in [-0.39, 0.29) is 12.1 Å². The first-order valence-electron chi connectivity index (χ1n) is 16.0. The van der Waals surface area contributed by atoms with Gasteiger partial charge >= 0.3 is 12.1 Å². The number of esters is 1. The second-order valence-corrected chi connectivity index (χ2v) is 14.4. The second-order valence-electron chi connectivity index (χ2n) is 13.6. The number of ether oxygens (including phenoxy) is 3. The fraction of sp³-hybridized carbons (Fsp3) is 0.528. The molecule has 1 fully saturated rings. The number of aryl methyl sites for hydroxylation is 2. The van der Waals surface area contributed by atoms with Crippen molar-refractivity contribution in [2.24, 2.45) is 5.41 Å². The molecule has 0 unspecified atom stereocenters. The molecule has 2 aliphatic rings. The van der Waals surface area contributed by atoms with E-state index >= 15 is 0 Å². The monoisotopic (exact) mass is 633 g/mol. The largest absolute Gasteiger partial charge is 0.488 e. The number of thiazole rings is 1. The number of amides is 1. The first kappa shape index (κ1) is 32.8. The number of fused-ring (bicyclic) bond motifs is 1. The van der Waals surface area contributed by atoms with Crippen LogP contribution in [0.2, 0.25) is 0 Å². The number of para-hydroxylation sites is 1. The minimum absolute atomic E-state index is 0.0989. The Morgan fingerprint density at radius 3 is 2.47 bits per heavy atom. The van der Waals surface area contributed by atoms with Crippen LogP contribution in [0, 0.1) is 26.2 Å². The van der Waals surface area contributed by atoms with Gasteiger partial charge in [-0.05, 0) is 114 Å². The zero-order valence-electron chi connectivity index (χ0n) is 28.0. The molecule has 0 aliphatic carbocycles. The van der Waals surface area contributed by atoms with Crippen molar-refractivity contribution in [3.8, 4) is 17.0 Å². The number of benzene rings is 2. The molecule has 0 radical (unpaired) electrons. The quantitative estimate of drug-likeness (QED) is 0.246. The van der Waals surface area contributed by atoms with E-state index in [9.17, 15) is 9.59 Å². The number of rotatable bonds is 7. The van der Waals surface area contributed by atoms with Crippen molar-refractivity contribution in [2.75, 3.05) is 31.1 Å². The van der Waals surface area contributed by atoms with E-state index in [0.717, 1.165) is 71.2 Å². The van der Waals surface area contributed by atoms with E-state index in [2.05, 4.69) is 49.3 Å². The Morgan fingerprint density at radius 2 is 1.78 bits per heavy atom. The van der Waals surface area contributed by atoms with Crippen LogP contribution >= 0.6 is 11.3 Å². The second kappa shape index (κ2) is 13.0. The van der Waals surface area contributed by atoms with Crippen molar-refractivity contribution in [3.63, 3.8) is 0 Å². The van der Waals surface area contributed by atoms with Crippen molar-refractivity contribution >= 4 is 28.5 Å². The van der Waals surface area contributed by atoms with Gasteiger partial charge in [-0.2, -0.15) is 0 Å². The highest BCUT2D eigenvalue weighted by molar-refractivity contribution is 7.14. The lowest BCUT2D eigenvalue weighted by molar-refractivity contribution is -0.155. The van der Waals surface area contributed by atoms with Gasteiger partial charge in [0.15, 0.2) is 5.13 Å². The molecular weight excluding hydrogens is 586 g/mol. The molecule has 0 N–H and O–H groups in total. The summed E-state index contributed by atoms with van der Waals surface area (Å²) in [6, 6.07) is 8.40. The molecule has 5 rings (SSSR count). The van der Waals surface area contributed by atoms with Crippen LogP contribution in [0.3, 0.4) is 0 Å². The Labute approximate surface area is 271 Å². The minimum atomic E-state index is -0.515. The highest BCUT2D eigenvalue weighted by Gasteiger charge is 2.39. The molecule has 3 heterocycles. The number of piperidine rings is 1. The van der Waals surface area contributed by atoms with Gasteiger partial charge in [-0.25, -0.2) is 9.78 Å². The molecule has 1 amide bonds. The van der Waals surface area contributed by atoms with E-state index in [1.54, 1.807) is 16.2 Å². The third kappa shape index (κ3) is 7.13. The summed E-state index contributed by atoms with van der Waals surface area (Å²) in [5, 5.41) is 3.06. The number of carbonyl (C=O) groups is 2. The lowest BCUT2D eigenvalue weighted by atomic mass is 9.80. The van der Waals surface area contributed by atoms with E-state index in [0.29, 0.717) is 26.3 Å². The van der Waals surface area contributed by atoms with Crippen molar-refractivity contribution in [2.45, 2.75) is 93.4 Å². The standard InChI is InChI=1S/C36H47N3O5S/c1-9-42-32(40)36(8)14-17-38(18-15-36)33-37-30(22-45-33)28-12-10-11-23(2)31(28)43-21-26-19-24(3)29-20-39(16-13-27(29)25(26)4)34(41)44-35(5,6)7/h10-12,19,22H,9,13-18,20-21H2,1-8H3. The molecule has 0 saturated carbocycles. The summed E-state index contributed by atoms with van der Waals surface area (Å²) in [6.07, 6.45) is 2.03. The number of aromatic nitrogens is 1. The van der Waals surface area contributed by atoms with Crippen molar-refractivity contribution < 1.29 is 23.8 Å². The van der Waals surface area contributed by atoms with Gasteiger partial charge in [0.05, 0.1) is 17.7 Å². The maximum Gasteiger partial charge on any atom is 0.410 e. The normalized spacial score (nSPS) is 16.3. The van der Waals surface area contributed by atoms with Crippen LogP contribution in [0.4, 0.5) is 9.93 Å². The van der Waals surface area contributed by atoms with Gasteiger partial charge in [0, 0.05) is 37.1 Å². The summed E-state index contributed by atoms with van der Waals surface area (Å²) in [7, 11) is 0. The molecule has 2 aromatic carbocycles. The first-order valence-corrected chi connectivity index (χ1v) is 16.9. The smallest absolute Gasteiger partial charge is 0.410 e. The van der Waals surface area contributed by atoms with Gasteiger partial charge in [-0.3, -0.25) is 4.79 Å². The number of carbonyl (C=O) groups excluding carboxylic acids is 2. The molecule has 45 heavy (non-hydrogen) atoms. The van der Waals surface area contributed by atoms with Crippen LogP contribution in [0.15, 0.2) is 29.6 Å². The average Bonchev–Trinajstić information content (AvgIpc) is 3.48. The summed E-state index contributed by atoms with van der Waals surface area (Å²) in [6.45, 7) is 19.5. The van der Waals surface area contributed by atoms with Crippen molar-refractivity contribution in [1.29, 1.82) is 0 Å². The maximum atomic E-state index is 12.8. The van der Waals surface area contributed by atoms with Crippen molar-refractivity contribution in [3.05, 3.63) is 63.0 Å². The van der Waals surface area contributed by atoms with Crippen LogP contribution in [-0.4, -0.2) is 53.8 Å². The van der Waals surface area contributed by atoms with E-state index in [4.69, 9.17) is 19.2 Å². The fourth-order valence-corrected chi connectivity index (χ4v) is 7.13. The molecule has 3 aromatic rings. The van der Waals surface area contributed by atoms with Crippen LogP contribution in [0.25, 0.3) is 11.3 Å². The molecule has 9 heteroatoms. The highest BCUT2D eigenvalue weighted by atomic mass is 32.1. The molecule has 8 nitrogen and oxygen atoms in total. The Bertz CT molecular complexity index is 1570. The topological polar surface area (TPSA) is 81.2 Å². The summed E-state index contributed by atoms with van der Waals surface area (Å²) in [5.41, 5.74) is 8.05. The molecule has 0 bridgehead atoms. The lowest BCUT2D eigenvalue weighted by Crippen LogP contribution is -2.43. The van der Waals surface area contributed by atoms with E-state index < -0.39 is 11.0 Å². The fourth-order valence-electron chi connectivity index (χ4n) is 6.25. The zero-order chi connectivity index (χ0) is 32.5. The number of hydrogen-bond donors (Lipinski definition) is 0. The van der Waals surface area contributed by atoms with Crippen LogP contribution in [0.5, 0.6) is 5.75 Å². The zero-order valence-corrected chi connectivity index (χ0v) is 28.9. The van der Waals surface area contributed by atoms with Gasteiger partial charge in [0.2, 0.25) is 0 Å². The van der Waals surface area contributed by atoms with E-state index in [1.165, 1.54) is 16.7 Å². The van der Waals surface area contributed by atoms with Crippen LogP contribution < -0.4 is 9.64 Å². The number of hydrogen-bond acceptors (Lipinski definition) is 8. The predicted octanol–water partition coefficient (Wildman–Crippen LogP) is 7.78. The maximum absolute atomic E-state index is 12.8. The summed E-state index contributed by atoms with van der Waals surface area (Å²) in [4.78, 5) is 34.3. The summed E-state index contributed by atoms with van der Waals surface area (Å²) in [5.74, 6) is 0.743. The predicted molar refractivity (Wildman–Crippen MR) is 179 cm³/mol. The third-order valence-corrected chi connectivity index (χ3v) is 9.96. The average molecular weight is 634 g/mol. The lowest BCUT2D eigenvalue weighted by Gasteiger charge is -2.37. The third-order valence-electron chi connectivity index (χ3n) is 9.06. The SMILES string of the molecule is CCOC(=O)C1(C)CCN(c2nc(-c3cccc(C)c3OCc3cc(C)c4c(c3C)CCN(C(=O)OC(C)(C)C)C4)cs2)CC1. The number of nitrogens with zero attached hydrogens (tertiary/aromatic N) is 3. The molecule has 0 spiro atoms. The van der Waals surface area contributed by atoms with Gasteiger partial charge in [0.25, 0.3) is 0 Å². The summed E-state index contributed by atoms with van der Waals surface area (Å²) < 4.78 is 17.6. The first-order chi connectivity index (χ1) is 21.3. The molecular formula is C36H47N3O5S. The van der Waals surface area contributed by atoms with Gasteiger partial charge in [-0.1, -0.05) is 18.2 Å². The van der Waals surface area contributed by atoms with E-state index in [1.807, 2.05) is 40.7 Å². The van der Waals surface area contributed by atoms with Crippen molar-refractivity contribution in [1.82, 2.24) is 9.88 Å². The Hall–Kier alpha value is -3.59. The van der Waals surface area contributed by atoms with Gasteiger partial charge in [0.1, 0.15) is 18.0 Å². The van der Waals surface area contributed by atoms with Gasteiger partial charge < -0.3 is 24.0 Å². The minimum Gasteiger partial charge on any atom is -0.488 e. The van der Waals surface area contributed by atoms with Gasteiger partial charge in [-0.15, -0.1) is 11.3 Å².